The molecule has 0 aliphatic carbocycles. The monoisotopic (exact) mass is 389 g/mol. The molecule has 1 aliphatic heterocycles. The minimum atomic E-state index is 0.218. The number of amides is 1. The van der Waals surface area contributed by atoms with Crippen molar-refractivity contribution in [2.45, 2.75) is 19.3 Å². The van der Waals surface area contributed by atoms with Crippen molar-refractivity contribution in [1.29, 1.82) is 0 Å². The molecule has 0 saturated heterocycles. The first kappa shape index (κ1) is 15.7. The Kier molecular flexibility index (Phi) is 6.25. The second kappa shape index (κ2) is 7.95. The molecule has 0 spiro atoms. The van der Waals surface area contributed by atoms with Crippen LogP contribution in [-0.4, -0.2) is 39.4 Å². The number of fused-ring (bicyclic) bond motifs is 1. The van der Waals surface area contributed by atoms with E-state index in [9.17, 15) is 4.79 Å². The highest BCUT2D eigenvalue weighted by Gasteiger charge is 2.23. The molecule has 1 amide bonds. The molecule has 2 rings (SSSR count). The van der Waals surface area contributed by atoms with Crippen LogP contribution >= 0.6 is 22.6 Å². The zero-order valence-electron chi connectivity index (χ0n) is 11.7. The molecule has 0 unspecified atom stereocenters. The number of benzene rings is 1. The predicted molar refractivity (Wildman–Crippen MR) is 87.1 cm³/mol. The van der Waals surface area contributed by atoms with Crippen LogP contribution in [0.15, 0.2) is 18.2 Å². The van der Waals surface area contributed by atoms with E-state index >= 15 is 0 Å². The SMILES string of the molecule is COCCOCCCN1C(=O)CCc2cc(I)ccc21. The molecule has 0 saturated carbocycles. The Hall–Kier alpha value is -0.660. The van der Waals surface area contributed by atoms with Crippen LogP contribution in [0, 0.1) is 3.57 Å². The minimum Gasteiger partial charge on any atom is -0.382 e. The summed E-state index contributed by atoms with van der Waals surface area (Å²) in [7, 11) is 1.66. The molecule has 110 valence electrons. The second-order valence-electron chi connectivity index (χ2n) is 4.78. The fourth-order valence-electron chi connectivity index (χ4n) is 2.34. The fraction of sp³-hybridized carbons (Fsp3) is 0.533. The molecule has 0 fully saturated rings. The number of aryl methyl sites for hydroxylation is 1. The maximum atomic E-state index is 12.1. The first-order valence-corrected chi connectivity index (χ1v) is 7.95. The first-order valence-electron chi connectivity index (χ1n) is 6.88. The van der Waals surface area contributed by atoms with Crippen LogP contribution in [0.4, 0.5) is 5.69 Å². The van der Waals surface area contributed by atoms with Gasteiger partial charge in [0.25, 0.3) is 0 Å². The van der Waals surface area contributed by atoms with Gasteiger partial charge in [-0.25, -0.2) is 0 Å². The van der Waals surface area contributed by atoms with Gasteiger partial charge in [0.15, 0.2) is 0 Å². The van der Waals surface area contributed by atoms with E-state index in [1.54, 1.807) is 7.11 Å². The Morgan fingerprint density at radius 3 is 2.90 bits per heavy atom. The zero-order valence-corrected chi connectivity index (χ0v) is 13.9. The van der Waals surface area contributed by atoms with Crippen molar-refractivity contribution >= 4 is 34.2 Å². The van der Waals surface area contributed by atoms with E-state index in [4.69, 9.17) is 9.47 Å². The molecule has 1 aliphatic rings. The van der Waals surface area contributed by atoms with Crippen LogP contribution in [-0.2, 0) is 20.7 Å². The number of carbonyl (C=O) groups is 1. The summed E-state index contributed by atoms with van der Waals surface area (Å²) in [6.07, 6.45) is 2.31. The Labute approximate surface area is 133 Å². The summed E-state index contributed by atoms with van der Waals surface area (Å²) in [5.74, 6) is 0.218. The molecular weight excluding hydrogens is 369 g/mol. The van der Waals surface area contributed by atoms with Gasteiger partial charge in [-0.2, -0.15) is 0 Å². The van der Waals surface area contributed by atoms with Crippen molar-refractivity contribution in [3.05, 3.63) is 27.3 Å². The number of halogens is 1. The van der Waals surface area contributed by atoms with Crippen LogP contribution in [0.5, 0.6) is 0 Å². The maximum absolute atomic E-state index is 12.1. The highest BCUT2D eigenvalue weighted by Crippen LogP contribution is 2.29. The molecule has 0 radical (unpaired) electrons. The van der Waals surface area contributed by atoms with Crippen molar-refractivity contribution in [1.82, 2.24) is 0 Å². The molecule has 20 heavy (non-hydrogen) atoms. The Balaban J connectivity index is 1.89. The lowest BCUT2D eigenvalue weighted by Crippen LogP contribution is -2.36. The Morgan fingerprint density at radius 1 is 1.25 bits per heavy atom. The second-order valence-corrected chi connectivity index (χ2v) is 6.02. The summed E-state index contributed by atoms with van der Waals surface area (Å²) in [4.78, 5) is 14.0. The van der Waals surface area contributed by atoms with Crippen molar-refractivity contribution < 1.29 is 14.3 Å². The average Bonchev–Trinajstić information content (AvgIpc) is 2.44. The fourth-order valence-corrected chi connectivity index (χ4v) is 2.90. The topological polar surface area (TPSA) is 38.8 Å². The van der Waals surface area contributed by atoms with Gasteiger partial charge in [0.2, 0.25) is 5.91 Å². The van der Waals surface area contributed by atoms with Gasteiger partial charge < -0.3 is 14.4 Å². The lowest BCUT2D eigenvalue weighted by atomic mass is 10.0. The van der Waals surface area contributed by atoms with E-state index in [-0.39, 0.29) is 5.91 Å². The Morgan fingerprint density at radius 2 is 2.10 bits per heavy atom. The van der Waals surface area contributed by atoms with Gasteiger partial charge in [-0.3, -0.25) is 4.79 Å². The van der Waals surface area contributed by atoms with Gasteiger partial charge in [0, 0.05) is 35.9 Å². The maximum Gasteiger partial charge on any atom is 0.227 e. The summed E-state index contributed by atoms with van der Waals surface area (Å²) in [6.45, 7) is 2.61. The van der Waals surface area contributed by atoms with Gasteiger partial charge >= 0.3 is 0 Å². The van der Waals surface area contributed by atoms with Gasteiger partial charge in [0.1, 0.15) is 0 Å². The molecule has 5 heteroatoms. The van der Waals surface area contributed by atoms with E-state index in [1.807, 2.05) is 4.90 Å². The molecule has 4 nitrogen and oxygen atoms in total. The molecule has 1 aromatic carbocycles. The van der Waals surface area contributed by atoms with Gasteiger partial charge in [-0.1, -0.05) is 0 Å². The largest absolute Gasteiger partial charge is 0.382 e. The standard InChI is InChI=1S/C15H20INO3/c1-19-9-10-20-8-2-7-17-14-5-4-13(16)11-12(14)3-6-15(17)18/h4-5,11H,2-3,6-10H2,1H3. The van der Waals surface area contributed by atoms with Crippen LogP contribution in [0.1, 0.15) is 18.4 Å². The zero-order chi connectivity index (χ0) is 14.4. The van der Waals surface area contributed by atoms with E-state index in [0.29, 0.717) is 26.2 Å². The number of nitrogens with zero attached hydrogens (tertiary/aromatic N) is 1. The normalized spacial score (nSPS) is 14.5. The number of rotatable bonds is 7. The van der Waals surface area contributed by atoms with Crippen LogP contribution < -0.4 is 4.90 Å². The average molecular weight is 389 g/mol. The summed E-state index contributed by atoms with van der Waals surface area (Å²) in [5.41, 5.74) is 2.34. The molecule has 1 aromatic rings. The van der Waals surface area contributed by atoms with Crippen molar-refractivity contribution in [3.63, 3.8) is 0 Å². The summed E-state index contributed by atoms with van der Waals surface area (Å²) in [6, 6.07) is 6.28. The first-order chi connectivity index (χ1) is 9.72. The van der Waals surface area contributed by atoms with Crippen molar-refractivity contribution in [2.24, 2.45) is 0 Å². The number of ether oxygens (including phenoxy) is 2. The highest BCUT2D eigenvalue weighted by atomic mass is 127. The van der Waals surface area contributed by atoms with E-state index in [1.165, 1.54) is 9.13 Å². The highest BCUT2D eigenvalue weighted by molar-refractivity contribution is 14.1. The number of anilines is 1. The van der Waals surface area contributed by atoms with Crippen LogP contribution in [0.25, 0.3) is 0 Å². The third-order valence-corrected chi connectivity index (χ3v) is 4.01. The summed E-state index contributed by atoms with van der Waals surface area (Å²) in [5, 5.41) is 0. The molecule has 0 aromatic heterocycles. The lowest BCUT2D eigenvalue weighted by molar-refractivity contribution is -0.118. The van der Waals surface area contributed by atoms with Crippen molar-refractivity contribution in [3.8, 4) is 0 Å². The third-order valence-electron chi connectivity index (χ3n) is 3.34. The lowest BCUT2D eigenvalue weighted by Gasteiger charge is -2.29. The van der Waals surface area contributed by atoms with Crippen LogP contribution in [0.2, 0.25) is 0 Å². The minimum absolute atomic E-state index is 0.218. The predicted octanol–water partition coefficient (Wildman–Crippen LogP) is 2.62. The molecular formula is C15H20INO3. The quantitative estimate of drug-likeness (QED) is 0.532. The Bertz CT molecular complexity index is 464. The van der Waals surface area contributed by atoms with Gasteiger partial charge in [0.05, 0.1) is 13.2 Å². The van der Waals surface area contributed by atoms with E-state index < -0.39 is 0 Å². The number of carbonyl (C=O) groups excluding carboxylic acids is 1. The van der Waals surface area contributed by atoms with Gasteiger partial charge in [-0.05, 0) is 59.2 Å². The smallest absolute Gasteiger partial charge is 0.227 e. The summed E-state index contributed by atoms with van der Waals surface area (Å²) < 4.78 is 11.6. The van der Waals surface area contributed by atoms with Crippen molar-refractivity contribution in [2.75, 3.05) is 38.4 Å². The van der Waals surface area contributed by atoms with E-state index in [0.717, 1.165) is 25.1 Å². The third kappa shape index (κ3) is 4.17. The molecule has 0 atom stereocenters. The van der Waals surface area contributed by atoms with E-state index in [2.05, 4.69) is 40.8 Å². The molecule has 0 N–H and O–H groups in total. The molecule has 1 heterocycles. The number of methoxy groups -OCH3 is 1. The van der Waals surface area contributed by atoms with Gasteiger partial charge in [-0.15, -0.1) is 0 Å². The van der Waals surface area contributed by atoms with Crippen LogP contribution in [0.3, 0.4) is 0 Å². The molecule has 0 bridgehead atoms. The number of hydrogen-bond donors (Lipinski definition) is 0. The number of hydrogen-bond acceptors (Lipinski definition) is 3. The summed E-state index contributed by atoms with van der Waals surface area (Å²) >= 11 is 2.31.